The maximum atomic E-state index is 14.5. The summed E-state index contributed by atoms with van der Waals surface area (Å²) in [6, 6.07) is 13.5. The Hall–Kier alpha value is -3.44. The Morgan fingerprint density at radius 2 is 2.00 bits per heavy atom. The van der Waals surface area contributed by atoms with Crippen molar-refractivity contribution in [2.45, 2.75) is 50.2 Å². The number of fused-ring (bicyclic) bond motifs is 3. The second-order valence-electron chi connectivity index (χ2n) is 10.00. The predicted octanol–water partition coefficient (Wildman–Crippen LogP) is 4.02. The van der Waals surface area contributed by atoms with Crippen LogP contribution in [0.15, 0.2) is 42.5 Å². The number of halogens is 1. The third kappa shape index (κ3) is 4.44. The molecule has 36 heavy (non-hydrogen) atoms. The summed E-state index contributed by atoms with van der Waals surface area (Å²) in [5.74, 6) is -1.34. The first kappa shape index (κ1) is 24.3. The number of para-hydroxylation sites is 1. The molecule has 3 aliphatic rings. The van der Waals surface area contributed by atoms with Crippen LogP contribution in [0, 0.1) is 29.0 Å². The highest BCUT2D eigenvalue weighted by Crippen LogP contribution is 2.47. The van der Waals surface area contributed by atoms with Gasteiger partial charge in [0.15, 0.2) is 0 Å². The molecule has 2 amide bonds. The van der Waals surface area contributed by atoms with Crippen molar-refractivity contribution in [3.05, 3.63) is 65.0 Å². The lowest BCUT2D eigenvalue weighted by Gasteiger charge is -2.41. The third-order valence-electron chi connectivity index (χ3n) is 7.95. The molecule has 5 rings (SSSR count). The molecule has 0 aromatic heterocycles. The van der Waals surface area contributed by atoms with Crippen LogP contribution < -0.4 is 10.6 Å². The van der Waals surface area contributed by atoms with Gasteiger partial charge in [0.05, 0.1) is 41.8 Å². The number of methoxy groups -OCH3 is 1. The molecule has 2 heterocycles. The van der Waals surface area contributed by atoms with Crippen LogP contribution in [0.4, 0.5) is 10.1 Å². The van der Waals surface area contributed by atoms with Gasteiger partial charge in [-0.1, -0.05) is 31.0 Å². The molecule has 2 aromatic carbocycles. The van der Waals surface area contributed by atoms with Crippen LogP contribution in [0.5, 0.6) is 0 Å². The monoisotopic (exact) mass is 490 g/mol. The second kappa shape index (κ2) is 10.3. The largest absolute Gasteiger partial charge is 0.383 e. The van der Waals surface area contributed by atoms with E-state index in [1.54, 1.807) is 7.11 Å². The number of carbonyl (C=O) groups excluding carboxylic acids is 2. The molecule has 1 saturated heterocycles. The normalized spacial score (nSPS) is 26.8. The van der Waals surface area contributed by atoms with E-state index in [2.05, 4.69) is 16.7 Å². The number of nitriles is 1. The number of nitrogens with zero attached hydrogens (tertiary/aromatic N) is 2. The Balaban J connectivity index is 1.37. The lowest BCUT2D eigenvalue weighted by Crippen LogP contribution is -2.50. The van der Waals surface area contributed by atoms with E-state index in [-0.39, 0.29) is 47.0 Å². The van der Waals surface area contributed by atoms with Crippen molar-refractivity contribution in [1.29, 1.82) is 5.26 Å². The zero-order valence-corrected chi connectivity index (χ0v) is 20.4. The van der Waals surface area contributed by atoms with Gasteiger partial charge in [0, 0.05) is 31.3 Å². The van der Waals surface area contributed by atoms with E-state index in [1.807, 2.05) is 29.2 Å². The lowest BCUT2D eigenvalue weighted by molar-refractivity contribution is -0.139. The predicted molar refractivity (Wildman–Crippen MR) is 133 cm³/mol. The van der Waals surface area contributed by atoms with E-state index in [9.17, 15) is 14.0 Å². The van der Waals surface area contributed by atoms with Crippen LogP contribution >= 0.6 is 0 Å². The summed E-state index contributed by atoms with van der Waals surface area (Å²) in [6.07, 6.45) is 4.06. The Morgan fingerprint density at radius 3 is 2.78 bits per heavy atom. The molecule has 5 atom stereocenters. The summed E-state index contributed by atoms with van der Waals surface area (Å²) in [4.78, 5) is 29.0. The van der Waals surface area contributed by atoms with Gasteiger partial charge in [-0.25, -0.2) is 4.39 Å². The average Bonchev–Trinajstić information content (AvgIpc) is 3.34. The Kier molecular flexibility index (Phi) is 6.92. The fourth-order valence-electron chi connectivity index (χ4n) is 6.25. The molecular formula is C28H31FN4O3. The van der Waals surface area contributed by atoms with Crippen molar-refractivity contribution in [3.63, 3.8) is 0 Å². The smallest absolute Gasteiger partial charge is 0.254 e. The zero-order chi connectivity index (χ0) is 25.2. The number of ether oxygens (including phenoxy) is 1. The molecule has 2 aromatic rings. The van der Waals surface area contributed by atoms with Crippen LogP contribution in [-0.4, -0.2) is 49.1 Å². The molecule has 1 aliphatic carbocycles. The lowest BCUT2D eigenvalue weighted by atomic mass is 9.81. The highest BCUT2D eigenvalue weighted by atomic mass is 19.1. The standard InChI is InChI=1S/C28H31FN4O3/c1-36-16-25-20-12-13-33(26(20)19-6-2-4-8-23(19)31-25)28(35)21-7-3-5-9-24(21)32-27(34)18-11-10-17(15-30)14-22(18)29/h2,4,6,8,10-11,14,20-21,24-26,31H,3,5,7,9,12-13,16H2,1H3,(H,32,34)/t20-,21-,24+,25-,26-/m0/s1. The number of amides is 2. The van der Waals surface area contributed by atoms with Crippen molar-refractivity contribution in [3.8, 4) is 6.07 Å². The summed E-state index contributed by atoms with van der Waals surface area (Å²) in [5.41, 5.74) is 2.20. The van der Waals surface area contributed by atoms with E-state index in [4.69, 9.17) is 10.00 Å². The maximum Gasteiger partial charge on any atom is 0.254 e. The Labute approximate surface area is 210 Å². The molecular weight excluding hydrogens is 459 g/mol. The summed E-state index contributed by atoms with van der Waals surface area (Å²) in [7, 11) is 1.70. The fourth-order valence-corrected chi connectivity index (χ4v) is 6.25. The highest BCUT2D eigenvalue weighted by molar-refractivity contribution is 5.95. The van der Waals surface area contributed by atoms with E-state index in [0.717, 1.165) is 36.6 Å². The van der Waals surface area contributed by atoms with Gasteiger partial charge >= 0.3 is 0 Å². The first-order valence-corrected chi connectivity index (χ1v) is 12.7. The first-order valence-electron chi connectivity index (χ1n) is 12.7. The summed E-state index contributed by atoms with van der Waals surface area (Å²) in [6.45, 7) is 1.22. The summed E-state index contributed by atoms with van der Waals surface area (Å²) in [5, 5.41) is 15.5. The minimum atomic E-state index is -0.733. The van der Waals surface area contributed by atoms with Crippen molar-refractivity contribution >= 4 is 17.5 Å². The quantitative estimate of drug-likeness (QED) is 0.660. The molecule has 188 valence electrons. The molecule has 1 saturated carbocycles. The van der Waals surface area contributed by atoms with E-state index < -0.39 is 11.7 Å². The van der Waals surface area contributed by atoms with Crippen LogP contribution in [-0.2, 0) is 9.53 Å². The number of anilines is 1. The van der Waals surface area contributed by atoms with Crippen molar-refractivity contribution in [2.24, 2.45) is 11.8 Å². The van der Waals surface area contributed by atoms with Gasteiger partial charge in [0.2, 0.25) is 5.91 Å². The number of hydrogen-bond acceptors (Lipinski definition) is 5. The molecule has 0 spiro atoms. The molecule has 2 N–H and O–H groups in total. The number of rotatable bonds is 5. The van der Waals surface area contributed by atoms with Gasteiger partial charge in [-0.3, -0.25) is 9.59 Å². The minimum Gasteiger partial charge on any atom is -0.383 e. The van der Waals surface area contributed by atoms with Gasteiger partial charge in [-0.15, -0.1) is 0 Å². The minimum absolute atomic E-state index is 0.0376. The number of hydrogen-bond donors (Lipinski definition) is 2. The second-order valence-corrected chi connectivity index (χ2v) is 10.00. The van der Waals surface area contributed by atoms with Crippen LogP contribution in [0.1, 0.15) is 59.6 Å². The molecule has 0 bridgehead atoms. The van der Waals surface area contributed by atoms with Gasteiger partial charge in [-0.05, 0) is 49.1 Å². The van der Waals surface area contributed by atoms with E-state index in [1.165, 1.54) is 12.1 Å². The van der Waals surface area contributed by atoms with E-state index >= 15 is 0 Å². The van der Waals surface area contributed by atoms with Gasteiger partial charge < -0.3 is 20.3 Å². The third-order valence-corrected chi connectivity index (χ3v) is 7.95. The number of likely N-dealkylation sites (tertiary alicyclic amines) is 1. The average molecular weight is 491 g/mol. The van der Waals surface area contributed by atoms with Gasteiger partial charge in [0.25, 0.3) is 5.91 Å². The van der Waals surface area contributed by atoms with Crippen molar-refractivity contribution in [2.75, 3.05) is 25.6 Å². The van der Waals surface area contributed by atoms with Crippen LogP contribution in [0.25, 0.3) is 0 Å². The number of carbonyl (C=O) groups is 2. The van der Waals surface area contributed by atoms with E-state index in [0.29, 0.717) is 26.0 Å². The van der Waals surface area contributed by atoms with Crippen molar-refractivity contribution in [1.82, 2.24) is 10.2 Å². The molecule has 2 aliphatic heterocycles. The molecule has 2 fully saturated rings. The number of nitrogens with one attached hydrogen (secondary N) is 2. The fraction of sp³-hybridized carbons (Fsp3) is 0.464. The summed E-state index contributed by atoms with van der Waals surface area (Å²) < 4.78 is 19.9. The van der Waals surface area contributed by atoms with Gasteiger partial charge in [0.1, 0.15) is 5.82 Å². The number of benzene rings is 2. The van der Waals surface area contributed by atoms with Crippen LogP contribution in [0.2, 0.25) is 0 Å². The molecule has 7 nitrogen and oxygen atoms in total. The topological polar surface area (TPSA) is 94.5 Å². The Bertz CT molecular complexity index is 1200. The first-order chi connectivity index (χ1) is 17.5. The molecule has 0 radical (unpaired) electrons. The zero-order valence-electron chi connectivity index (χ0n) is 20.4. The highest BCUT2D eigenvalue weighted by Gasteiger charge is 2.48. The maximum absolute atomic E-state index is 14.5. The molecule has 0 unspecified atom stereocenters. The summed E-state index contributed by atoms with van der Waals surface area (Å²) >= 11 is 0. The molecule has 8 heteroatoms. The van der Waals surface area contributed by atoms with Gasteiger partial charge in [-0.2, -0.15) is 5.26 Å². The Morgan fingerprint density at radius 1 is 1.19 bits per heavy atom. The van der Waals surface area contributed by atoms with Crippen LogP contribution in [0.3, 0.4) is 0 Å². The SMILES string of the molecule is COC[C@@H]1Nc2ccccc2[C@H]2[C@H]1CCN2C(=O)[C@H]1CCCC[C@H]1NC(=O)c1ccc(C#N)cc1F. The van der Waals surface area contributed by atoms with Crippen molar-refractivity contribution < 1.29 is 18.7 Å².